The molecule has 3 rings (SSSR count). The number of anilines is 2. The van der Waals surface area contributed by atoms with Gasteiger partial charge in [-0.15, -0.1) is 0 Å². The van der Waals surface area contributed by atoms with Crippen molar-refractivity contribution in [3.05, 3.63) is 54.4 Å². The lowest BCUT2D eigenvalue weighted by Gasteiger charge is -2.24. The summed E-state index contributed by atoms with van der Waals surface area (Å²) in [4.78, 5) is 6.89. The topological polar surface area (TPSA) is 28.2 Å². The van der Waals surface area contributed by atoms with Gasteiger partial charge < -0.3 is 10.2 Å². The molecule has 0 bridgehead atoms. The third-order valence-corrected chi connectivity index (χ3v) is 3.85. The van der Waals surface area contributed by atoms with Crippen LogP contribution in [0.15, 0.2) is 48.7 Å². The van der Waals surface area contributed by atoms with Gasteiger partial charge >= 0.3 is 0 Å². The molecular weight excluding hydrogens is 246 g/mol. The summed E-state index contributed by atoms with van der Waals surface area (Å²) >= 11 is 0. The standard InChI is InChI=1S/C17H21N3/c1-14(15-8-4-5-11-18-15)19-16-9-2-3-10-17(16)20-12-6-7-13-20/h2-5,8-11,14,19H,6-7,12-13H2,1H3. The van der Waals surface area contributed by atoms with Crippen LogP contribution in [0.3, 0.4) is 0 Å². The van der Waals surface area contributed by atoms with Gasteiger partial charge in [0.05, 0.1) is 23.1 Å². The Kier molecular flexibility index (Phi) is 3.86. The normalized spacial score (nSPS) is 16.1. The van der Waals surface area contributed by atoms with Gasteiger partial charge in [-0.3, -0.25) is 4.98 Å². The van der Waals surface area contributed by atoms with Gasteiger partial charge in [-0.1, -0.05) is 18.2 Å². The van der Waals surface area contributed by atoms with E-state index in [0.717, 1.165) is 18.8 Å². The number of rotatable bonds is 4. The lowest BCUT2D eigenvalue weighted by Crippen LogP contribution is -2.20. The van der Waals surface area contributed by atoms with Crippen molar-refractivity contribution in [2.24, 2.45) is 0 Å². The van der Waals surface area contributed by atoms with Crippen LogP contribution in [0, 0.1) is 0 Å². The molecule has 2 aromatic rings. The summed E-state index contributed by atoms with van der Waals surface area (Å²) in [5.41, 5.74) is 3.59. The van der Waals surface area contributed by atoms with Crippen LogP contribution in [0.4, 0.5) is 11.4 Å². The summed E-state index contributed by atoms with van der Waals surface area (Å²) in [6, 6.07) is 14.8. The molecule has 1 aromatic carbocycles. The molecule has 1 saturated heterocycles. The van der Waals surface area contributed by atoms with Crippen LogP contribution in [-0.4, -0.2) is 18.1 Å². The molecule has 0 saturated carbocycles. The molecule has 1 aromatic heterocycles. The van der Waals surface area contributed by atoms with Crippen molar-refractivity contribution < 1.29 is 0 Å². The number of aromatic nitrogens is 1. The maximum atomic E-state index is 4.43. The molecule has 0 radical (unpaired) electrons. The molecule has 1 unspecified atom stereocenters. The van der Waals surface area contributed by atoms with Gasteiger partial charge in [-0.25, -0.2) is 0 Å². The molecule has 1 atom stereocenters. The number of hydrogen-bond donors (Lipinski definition) is 1. The van der Waals surface area contributed by atoms with Crippen LogP contribution in [0.2, 0.25) is 0 Å². The van der Waals surface area contributed by atoms with Crippen LogP contribution in [0.5, 0.6) is 0 Å². The summed E-state index contributed by atoms with van der Waals surface area (Å²) in [5, 5.41) is 3.60. The predicted octanol–water partition coefficient (Wildman–Crippen LogP) is 3.85. The minimum absolute atomic E-state index is 0.208. The first-order valence-electron chi connectivity index (χ1n) is 7.36. The van der Waals surface area contributed by atoms with Crippen LogP contribution in [0.1, 0.15) is 31.5 Å². The highest BCUT2D eigenvalue weighted by molar-refractivity contribution is 5.70. The van der Waals surface area contributed by atoms with Crippen molar-refractivity contribution in [2.45, 2.75) is 25.8 Å². The van der Waals surface area contributed by atoms with E-state index < -0.39 is 0 Å². The van der Waals surface area contributed by atoms with E-state index in [1.54, 1.807) is 0 Å². The summed E-state index contributed by atoms with van der Waals surface area (Å²) in [6.45, 7) is 4.48. The Morgan fingerprint density at radius 2 is 1.80 bits per heavy atom. The quantitative estimate of drug-likeness (QED) is 0.912. The predicted molar refractivity (Wildman–Crippen MR) is 84.2 cm³/mol. The Morgan fingerprint density at radius 1 is 1.05 bits per heavy atom. The van der Waals surface area contributed by atoms with Crippen LogP contribution in [-0.2, 0) is 0 Å². The molecule has 3 nitrogen and oxygen atoms in total. The average molecular weight is 267 g/mol. The fourth-order valence-corrected chi connectivity index (χ4v) is 2.77. The SMILES string of the molecule is CC(Nc1ccccc1N1CCCC1)c1ccccn1. The van der Waals surface area contributed by atoms with Gasteiger partial charge in [0.2, 0.25) is 0 Å². The molecule has 0 aliphatic carbocycles. The van der Waals surface area contributed by atoms with Gasteiger partial charge in [0.15, 0.2) is 0 Å². The van der Waals surface area contributed by atoms with Gasteiger partial charge in [0, 0.05) is 19.3 Å². The summed E-state index contributed by atoms with van der Waals surface area (Å²) < 4.78 is 0. The zero-order valence-corrected chi connectivity index (χ0v) is 11.9. The fourth-order valence-electron chi connectivity index (χ4n) is 2.77. The number of nitrogens with one attached hydrogen (secondary N) is 1. The number of benzene rings is 1. The molecule has 20 heavy (non-hydrogen) atoms. The molecule has 0 spiro atoms. The molecule has 1 aliphatic heterocycles. The lowest BCUT2D eigenvalue weighted by atomic mass is 10.2. The second-order valence-corrected chi connectivity index (χ2v) is 5.33. The summed E-state index contributed by atoms with van der Waals surface area (Å²) in [7, 11) is 0. The first-order chi connectivity index (χ1) is 9.84. The van der Waals surface area contributed by atoms with Crippen LogP contribution in [0.25, 0.3) is 0 Å². The maximum Gasteiger partial charge on any atom is 0.0657 e. The second-order valence-electron chi connectivity index (χ2n) is 5.33. The molecule has 3 heteroatoms. The van der Waals surface area contributed by atoms with Crippen molar-refractivity contribution >= 4 is 11.4 Å². The van der Waals surface area contributed by atoms with Gasteiger partial charge in [-0.05, 0) is 44.0 Å². The fraction of sp³-hybridized carbons (Fsp3) is 0.353. The smallest absolute Gasteiger partial charge is 0.0657 e. The second kappa shape index (κ2) is 5.95. The highest BCUT2D eigenvalue weighted by Gasteiger charge is 2.16. The molecule has 1 fully saturated rings. The van der Waals surface area contributed by atoms with E-state index in [9.17, 15) is 0 Å². The molecule has 104 valence electrons. The van der Waals surface area contributed by atoms with Gasteiger partial charge in [-0.2, -0.15) is 0 Å². The van der Waals surface area contributed by atoms with Gasteiger partial charge in [0.1, 0.15) is 0 Å². The molecule has 1 aliphatic rings. The van der Waals surface area contributed by atoms with E-state index in [-0.39, 0.29) is 6.04 Å². The third-order valence-electron chi connectivity index (χ3n) is 3.85. The van der Waals surface area contributed by atoms with Crippen LogP contribution < -0.4 is 10.2 Å². The van der Waals surface area contributed by atoms with E-state index in [4.69, 9.17) is 0 Å². The zero-order chi connectivity index (χ0) is 13.8. The Hall–Kier alpha value is -2.03. The number of nitrogens with zero attached hydrogens (tertiary/aromatic N) is 2. The van der Waals surface area contributed by atoms with Crippen LogP contribution >= 0.6 is 0 Å². The third kappa shape index (κ3) is 2.77. The molecule has 0 amide bonds. The van der Waals surface area contributed by atoms with Crippen molar-refractivity contribution in [1.29, 1.82) is 0 Å². The number of hydrogen-bond acceptors (Lipinski definition) is 3. The minimum Gasteiger partial charge on any atom is -0.375 e. The Labute approximate surface area is 120 Å². The number of para-hydroxylation sites is 2. The van der Waals surface area contributed by atoms with E-state index >= 15 is 0 Å². The van der Waals surface area contributed by atoms with Crippen molar-refractivity contribution in [2.75, 3.05) is 23.3 Å². The first kappa shape index (κ1) is 13.0. The molecule has 2 heterocycles. The highest BCUT2D eigenvalue weighted by Crippen LogP contribution is 2.30. The van der Waals surface area contributed by atoms with Gasteiger partial charge in [0.25, 0.3) is 0 Å². The summed E-state index contributed by atoms with van der Waals surface area (Å²) in [5.74, 6) is 0. The van der Waals surface area contributed by atoms with Crippen molar-refractivity contribution in [1.82, 2.24) is 4.98 Å². The Bertz CT molecular complexity index is 547. The highest BCUT2D eigenvalue weighted by atomic mass is 15.2. The Morgan fingerprint density at radius 3 is 2.55 bits per heavy atom. The largest absolute Gasteiger partial charge is 0.375 e. The number of pyridine rings is 1. The van der Waals surface area contributed by atoms with E-state index in [1.807, 2.05) is 18.3 Å². The van der Waals surface area contributed by atoms with E-state index in [1.165, 1.54) is 24.2 Å². The van der Waals surface area contributed by atoms with Crippen molar-refractivity contribution in [3.8, 4) is 0 Å². The molecule has 1 N–H and O–H groups in total. The summed E-state index contributed by atoms with van der Waals surface area (Å²) in [6.07, 6.45) is 4.44. The monoisotopic (exact) mass is 267 g/mol. The average Bonchev–Trinajstić information content (AvgIpc) is 3.03. The van der Waals surface area contributed by atoms with Crippen molar-refractivity contribution in [3.63, 3.8) is 0 Å². The molecular formula is C17H21N3. The Balaban J connectivity index is 1.80. The zero-order valence-electron chi connectivity index (χ0n) is 11.9. The van der Waals surface area contributed by atoms with E-state index in [0.29, 0.717) is 0 Å². The minimum atomic E-state index is 0.208. The van der Waals surface area contributed by atoms with E-state index in [2.05, 4.69) is 52.5 Å². The maximum absolute atomic E-state index is 4.43. The first-order valence-corrected chi connectivity index (χ1v) is 7.36. The lowest BCUT2D eigenvalue weighted by molar-refractivity contribution is 0.836.